The van der Waals surface area contributed by atoms with Gasteiger partial charge in [0.05, 0.1) is 6.20 Å². The molecular weight excluding hydrogens is 184 g/mol. The molecule has 2 nitrogen and oxygen atoms in total. The molecular formula is C13H14N2. The first-order valence-electron chi connectivity index (χ1n) is 5.09. The van der Waals surface area contributed by atoms with E-state index in [-0.39, 0.29) is 0 Å². The van der Waals surface area contributed by atoms with Crippen molar-refractivity contribution in [3.05, 3.63) is 48.8 Å². The molecule has 0 aliphatic heterocycles. The third-order valence-corrected chi connectivity index (χ3v) is 2.41. The molecule has 1 aromatic carbocycles. The molecule has 0 aliphatic carbocycles. The van der Waals surface area contributed by atoms with Crippen molar-refractivity contribution in [3.63, 3.8) is 0 Å². The van der Waals surface area contributed by atoms with Gasteiger partial charge in [-0.2, -0.15) is 5.10 Å². The minimum atomic E-state index is 0.904. The molecule has 2 aromatic rings. The van der Waals surface area contributed by atoms with Gasteiger partial charge in [-0.05, 0) is 24.1 Å². The van der Waals surface area contributed by atoms with Gasteiger partial charge in [-0.25, -0.2) is 0 Å². The first-order valence-corrected chi connectivity index (χ1v) is 5.09. The number of aryl methyl sites for hydroxylation is 1. The second-order valence-corrected chi connectivity index (χ2v) is 3.41. The van der Waals surface area contributed by atoms with Crippen LogP contribution in [0.3, 0.4) is 0 Å². The highest BCUT2D eigenvalue weighted by molar-refractivity contribution is 5.65. The summed E-state index contributed by atoms with van der Waals surface area (Å²) in [5, 5.41) is 4.26. The zero-order valence-corrected chi connectivity index (χ0v) is 8.85. The lowest BCUT2D eigenvalue weighted by Crippen LogP contribution is -1.91. The lowest BCUT2D eigenvalue weighted by Gasteiger charge is -1.98. The highest BCUT2D eigenvalue weighted by atomic mass is 15.3. The van der Waals surface area contributed by atoms with Crippen LogP contribution in [-0.4, -0.2) is 9.78 Å². The summed E-state index contributed by atoms with van der Waals surface area (Å²) in [7, 11) is 0. The second kappa shape index (κ2) is 4.13. The number of benzene rings is 1. The van der Waals surface area contributed by atoms with Crippen LogP contribution < -0.4 is 0 Å². The van der Waals surface area contributed by atoms with Crippen molar-refractivity contribution in [2.75, 3.05) is 0 Å². The minimum Gasteiger partial charge on any atom is -0.272 e. The van der Waals surface area contributed by atoms with Gasteiger partial charge in [-0.1, -0.05) is 30.9 Å². The molecule has 2 heteroatoms. The van der Waals surface area contributed by atoms with Crippen LogP contribution in [0.2, 0.25) is 0 Å². The van der Waals surface area contributed by atoms with Gasteiger partial charge >= 0.3 is 0 Å². The van der Waals surface area contributed by atoms with E-state index >= 15 is 0 Å². The fourth-order valence-electron chi connectivity index (χ4n) is 1.53. The normalized spacial score (nSPS) is 10.2. The summed E-state index contributed by atoms with van der Waals surface area (Å²) < 4.78 is 1.93. The van der Waals surface area contributed by atoms with Crippen LogP contribution in [0.25, 0.3) is 17.2 Å². The van der Waals surface area contributed by atoms with Crippen LogP contribution in [0, 0.1) is 0 Å². The molecule has 0 atom stereocenters. The van der Waals surface area contributed by atoms with Crippen molar-refractivity contribution in [2.45, 2.75) is 13.5 Å². The van der Waals surface area contributed by atoms with Crippen molar-refractivity contribution < 1.29 is 0 Å². The molecule has 0 fully saturated rings. The molecule has 0 saturated heterocycles. The molecule has 0 spiro atoms. The zero-order valence-electron chi connectivity index (χ0n) is 8.85. The monoisotopic (exact) mass is 198 g/mol. The van der Waals surface area contributed by atoms with E-state index in [1.165, 1.54) is 5.56 Å². The lowest BCUT2D eigenvalue weighted by molar-refractivity contribution is 0.660. The molecule has 0 bridgehead atoms. The summed E-state index contributed by atoms with van der Waals surface area (Å²) in [6.45, 7) is 6.75. The van der Waals surface area contributed by atoms with Crippen molar-refractivity contribution in [1.82, 2.24) is 9.78 Å². The smallest absolute Gasteiger partial charge is 0.0568 e. The molecule has 0 amide bonds. The Kier molecular flexibility index (Phi) is 2.68. The maximum atomic E-state index is 4.26. The highest BCUT2D eigenvalue weighted by Crippen LogP contribution is 2.20. The van der Waals surface area contributed by atoms with Crippen molar-refractivity contribution in [3.8, 4) is 11.1 Å². The highest BCUT2D eigenvalue weighted by Gasteiger charge is 2.00. The Labute approximate surface area is 89.9 Å². The summed E-state index contributed by atoms with van der Waals surface area (Å²) in [5.74, 6) is 0. The molecule has 0 saturated carbocycles. The topological polar surface area (TPSA) is 17.8 Å². The third kappa shape index (κ3) is 1.99. The Hall–Kier alpha value is -1.83. The maximum Gasteiger partial charge on any atom is 0.0568 e. The van der Waals surface area contributed by atoms with E-state index in [2.05, 4.69) is 36.9 Å². The van der Waals surface area contributed by atoms with Gasteiger partial charge in [-0.15, -0.1) is 0 Å². The summed E-state index contributed by atoms with van der Waals surface area (Å²) in [4.78, 5) is 0. The van der Waals surface area contributed by atoms with E-state index in [0.717, 1.165) is 17.7 Å². The van der Waals surface area contributed by atoms with Crippen molar-refractivity contribution in [1.29, 1.82) is 0 Å². The Morgan fingerprint density at radius 1 is 1.40 bits per heavy atom. The molecule has 1 aromatic heterocycles. The SMILES string of the molecule is C=Cc1cccc(-c2cnn(CC)c2)c1. The molecule has 0 radical (unpaired) electrons. The number of hydrogen-bond donors (Lipinski definition) is 0. The third-order valence-electron chi connectivity index (χ3n) is 2.41. The molecule has 0 N–H and O–H groups in total. The predicted molar refractivity (Wildman–Crippen MR) is 63.4 cm³/mol. The van der Waals surface area contributed by atoms with Crippen LogP contribution in [0.4, 0.5) is 0 Å². The Balaban J connectivity index is 2.39. The lowest BCUT2D eigenvalue weighted by atomic mass is 10.1. The molecule has 0 aliphatic rings. The second-order valence-electron chi connectivity index (χ2n) is 3.41. The summed E-state index contributed by atoms with van der Waals surface area (Å²) in [5.41, 5.74) is 3.48. The van der Waals surface area contributed by atoms with E-state index in [4.69, 9.17) is 0 Å². The average Bonchev–Trinajstić information content (AvgIpc) is 2.78. The minimum absolute atomic E-state index is 0.904. The van der Waals surface area contributed by atoms with E-state index in [1.807, 2.05) is 29.1 Å². The van der Waals surface area contributed by atoms with Gasteiger partial charge < -0.3 is 0 Å². The standard InChI is InChI=1S/C13H14N2/c1-3-11-6-5-7-12(8-11)13-9-14-15(4-2)10-13/h3,5-10H,1,4H2,2H3. The predicted octanol–water partition coefficient (Wildman–Crippen LogP) is 3.21. The molecule has 0 unspecified atom stereocenters. The van der Waals surface area contributed by atoms with E-state index < -0.39 is 0 Å². The Morgan fingerprint density at radius 3 is 2.93 bits per heavy atom. The van der Waals surface area contributed by atoms with Crippen LogP contribution in [-0.2, 0) is 6.54 Å². The van der Waals surface area contributed by atoms with Gasteiger partial charge in [0.2, 0.25) is 0 Å². The number of hydrogen-bond acceptors (Lipinski definition) is 1. The van der Waals surface area contributed by atoms with Gasteiger partial charge in [0.1, 0.15) is 0 Å². The largest absolute Gasteiger partial charge is 0.272 e. The molecule has 76 valence electrons. The Bertz CT molecular complexity index is 469. The first kappa shape index (κ1) is 9.71. The molecule has 15 heavy (non-hydrogen) atoms. The van der Waals surface area contributed by atoms with Crippen LogP contribution in [0.1, 0.15) is 12.5 Å². The van der Waals surface area contributed by atoms with Gasteiger partial charge in [0.15, 0.2) is 0 Å². The molecule has 2 rings (SSSR count). The Morgan fingerprint density at radius 2 is 2.27 bits per heavy atom. The summed E-state index contributed by atoms with van der Waals surface area (Å²) in [6, 6.07) is 8.28. The van der Waals surface area contributed by atoms with Crippen molar-refractivity contribution >= 4 is 6.08 Å². The van der Waals surface area contributed by atoms with Gasteiger partial charge in [0, 0.05) is 18.3 Å². The number of aromatic nitrogens is 2. The van der Waals surface area contributed by atoms with Gasteiger partial charge in [-0.3, -0.25) is 4.68 Å². The maximum absolute atomic E-state index is 4.26. The summed E-state index contributed by atoms with van der Waals surface area (Å²) >= 11 is 0. The van der Waals surface area contributed by atoms with E-state index in [9.17, 15) is 0 Å². The quantitative estimate of drug-likeness (QED) is 0.740. The fraction of sp³-hybridized carbons (Fsp3) is 0.154. The fourth-order valence-corrected chi connectivity index (χ4v) is 1.53. The van der Waals surface area contributed by atoms with Crippen molar-refractivity contribution in [2.24, 2.45) is 0 Å². The first-order chi connectivity index (χ1) is 7.33. The summed E-state index contributed by atoms with van der Waals surface area (Å²) in [6.07, 6.45) is 5.81. The number of rotatable bonds is 3. The average molecular weight is 198 g/mol. The zero-order chi connectivity index (χ0) is 10.7. The van der Waals surface area contributed by atoms with Crippen LogP contribution in [0.15, 0.2) is 43.2 Å². The van der Waals surface area contributed by atoms with Crippen LogP contribution >= 0.6 is 0 Å². The van der Waals surface area contributed by atoms with Gasteiger partial charge in [0.25, 0.3) is 0 Å². The molecule has 1 heterocycles. The van der Waals surface area contributed by atoms with Crippen LogP contribution in [0.5, 0.6) is 0 Å². The van der Waals surface area contributed by atoms with E-state index in [1.54, 1.807) is 0 Å². The van der Waals surface area contributed by atoms with E-state index in [0.29, 0.717) is 0 Å². The number of nitrogens with zero attached hydrogens (tertiary/aromatic N) is 2.